The number of carbonyl (C=O) groups excluding carboxylic acids is 2. The predicted molar refractivity (Wildman–Crippen MR) is 151 cm³/mol. The zero-order valence-electron chi connectivity index (χ0n) is 23.3. The number of amides is 2. The van der Waals surface area contributed by atoms with E-state index in [-0.39, 0.29) is 23.5 Å². The number of carbonyl (C=O) groups is 2. The molecule has 0 aliphatic carbocycles. The second-order valence-electron chi connectivity index (χ2n) is 10.6. The first-order valence-corrected chi connectivity index (χ1v) is 14.4. The van der Waals surface area contributed by atoms with Crippen LogP contribution in [0.2, 0.25) is 0 Å². The lowest BCUT2D eigenvalue weighted by molar-refractivity contribution is -0.141. The highest BCUT2D eigenvalue weighted by Crippen LogP contribution is 2.27. The number of anilines is 1. The molecule has 40 heavy (non-hydrogen) atoms. The first kappa shape index (κ1) is 30.7. The van der Waals surface area contributed by atoms with E-state index in [1.54, 1.807) is 46.8 Å². The molecular weight excluding hydrogens is 536 g/mol. The lowest BCUT2D eigenvalue weighted by atomic mass is 10.1. The van der Waals surface area contributed by atoms with Crippen molar-refractivity contribution in [2.24, 2.45) is 0 Å². The van der Waals surface area contributed by atoms with Crippen LogP contribution in [-0.2, 0) is 26.2 Å². The fourth-order valence-corrected chi connectivity index (χ4v) is 5.59. The molecular formula is C30H35F2N3O4S. The van der Waals surface area contributed by atoms with Gasteiger partial charge < -0.3 is 10.2 Å². The van der Waals surface area contributed by atoms with E-state index in [2.05, 4.69) is 5.32 Å². The number of nitrogens with one attached hydrogen (secondary N) is 1. The van der Waals surface area contributed by atoms with Crippen LogP contribution in [0, 0.1) is 18.6 Å². The molecule has 0 aliphatic rings. The van der Waals surface area contributed by atoms with Crippen molar-refractivity contribution in [3.8, 4) is 0 Å². The van der Waals surface area contributed by atoms with Gasteiger partial charge in [0.1, 0.15) is 24.2 Å². The molecule has 3 aromatic carbocycles. The Balaban J connectivity index is 2.08. The van der Waals surface area contributed by atoms with Crippen LogP contribution in [0.15, 0.2) is 77.7 Å². The van der Waals surface area contributed by atoms with Gasteiger partial charge in [0.15, 0.2) is 0 Å². The number of rotatable bonds is 10. The fraction of sp³-hybridized carbons (Fsp3) is 0.333. The van der Waals surface area contributed by atoms with Crippen molar-refractivity contribution in [1.29, 1.82) is 0 Å². The zero-order valence-corrected chi connectivity index (χ0v) is 24.1. The molecule has 1 unspecified atom stereocenters. The molecule has 0 aromatic heterocycles. The van der Waals surface area contributed by atoms with Crippen LogP contribution in [0.4, 0.5) is 14.5 Å². The summed E-state index contributed by atoms with van der Waals surface area (Å²) in [4.78, 5) is 28.4. The van der Waals surface area contributed by atoms with Gasteiger partial charge in [-0.15, -0.1) is 0 Å². The SMILES string of the molecule is CCC(C(=O)NC(C)(C)C)N(Cc1ccc(F)cc1)C(=O)CN(c1ccccc1F)S(=O)(=O)c1ccc(C)cc1. The summed E-state index contributed by atoms with van der Waals surface area (Å²) in [6.45, 7) is 8.08. The van der Waals surface area contributed by atoms with Crippen molar-refractivity contribution in [1.82, 2.24) is 10.2 Å². The summed E-state index contributed by atoms with van der Waals surface area (Å²) in [6, 6.07) is 15.8. The molecule has 0 heterocycles. The number of nitrogens with zero attached hydrogens (tertiary/aromatic N) is 2. The van der Waals surface area contributed by atoms with E-state index in [9.17, 15) is 26.8 Å². The van der Waals surface area contributed by atoms with Gasteiger partial charge in [0.2, 0.25) is 11.8 Å². The molecule has 0 spiro atoms. The maximum atomic E-state index is 15.0. The summed E-state index contributed by atoms with van der Waals surface area (Å²) >= 11 is 0. The van der Waals surface area contributed by atoms with Gasteiger partial charge >= 0.3 is 0 Å². The van der Waals surface area contributed by atoms with Crippen LogP contribution < -0.4 is 9.62 Å². The Labute approximate surface area is 234 Å². The Morgan fingerprint density at radius 1 is 0.925 bits per heavy atom. The van der Waals surface area contributed by atoms with E-state index in [1.165, 1.54) is 59.5 Å². The molecule has 0 saturated heterocycles. The number of benzene rings is 3. The maximum Gasteiger partial charge on any atom is 0.264 e. The standard InChI is InChI=1S/C30H35F2N3O4S/c1-6-26(29(37)33-30(3,4)5)34(19-22-13-15-23(31)16-14-22)28(36)20-35(27-10-8-7-9-25(27)32)40(38,39)24-17-11-21(2)12-18-24/h7-18,26H,6,19-20H2,1-5H3,(H,33,37). The number of halogens is 2. The van der Waals surface area contributed by atoms with E-state index in [0.29, 0.717) is 5.56 Å². The van der Waals surface area contributed by atoms with Gasteiger partial charge in [0, 0.05) is 12.1 Å². The van der Waals surface area contributed by atoms with Crippen LogP contribution in [0.25, 0.3) is 0 Å². The highest BCUT2D eigenvalue weighted by atomic mass is 32.2. The number of hydrogen-bond donors (Lipinski definition) is 1. The quantitative estimate of drug-likeness (QED) is 0.363. The largest absolute Gasteiger partial charge is 0.350 e. The molecule has 3 aromatic rings. The second-order valence-corrected chi connectivity index (χ2v) is 12.4. The molecule has 1 N–H and O–H groups in total. The number of para-hydroxylation sites is 1. The van der Waals surface area contributed by atoms with Crippen LogP contribution in [0.1, 0.15) is 45.2 Å². The molecule has 7 nitrogen and oxygen atoms in total. The summed E-state index contributed by atoms with van der Waals surface area (Å²) in [7, 11) is -4.39. The molecule has 2 amide bonds. The van der Waals surface area contributed by atoms with Gasteiger partial charge in [0.05, 0.1) is 10.6 Å². The van der Waals surface area contributed by atoms with Crippen LogP contribution in [0.3, 0.4) is 0 Å². The van der Waals surface area contributed by atoms with Crippen LogP contribution in [-0.4, -0.2) is 43.3 Å². The minimum absolute atomic E-state index is 0.0924. The highest BCUT2D eigenvalue weighted by Gasteiger charge is 2.35. The van der Waals surface area contributed by atoms with E-state index >= 15 is 0 Å². The van der Waals surface area contributed by atoms with Crippen LogP contribution >= 0.6 is 0 Å². The fourth-order valence-electron chi connectivity index (χ4n) is 4.16. The Kier molecular flexibility index (Phi) is 9.68. The van der Waals surface area contributed by atoms with Gasteiger partial charge in [-0.1, -0.05) is 48.9 Å². The van der Waals surface area contributed by atoms with Gasteiger partial charge in [-0.25, -0.2) is 17.2 Å². The summed E-state index contributed by atoms with van der Waals surface area (Å²) in [5, 5.41) is 2.87. The molecule has 0 fully saturated rings. The maximum absolute atomic E-state index is 15.0. The van der Waals surface area contributed by atoms with Crippen molar-refractivity contribution >= 4 is 27.5 Å². The van der Waals surface area contributed by atoms with Gasteiger partial charge in [-0.2, -0.15) is 0 Å². The van der Waals surface area contributed by atoms with Crippen molar-refractivity contribution in [3.05, 3.63) is 95.6 Å². The number of hydrogen-bond acceptors (Lipinski definition) is 4. The molecule has 0 bridgehead atoms. The molecule has 0 radical (unpaired) electrons. The van der Waals surface area contributed by atoms with Crippen molar-refractivity contribution < 1.29 is 26.8 Å². The van der Waals surface area contributed by atoms with Gasteiger partial charge in [-0.05, 0) is 76.1 Å². The molecule has 1 atom stereocenters. The zero-order chi connectivity index (χ0) is 29.7. The third kappa shape index (κ3) is 7.65. The Morgan fingerprint density at radius 3 is 2.08 bits per heavy atom. The van der Waals surface area contributed by atoms with E-state index in [1.807, 2.05) is 0 Å². The molecule has 10 heteroatoms. The van der Waals surface area contributed by atoms with E-state index < -0.39 is 51.6 Å². The topological polar surface area (TPSA) is 86.8 Å². The molecule has 3 rings (SSSR count). The lowest BCUT2D eigenvalue weighted by Crippen LogP contribution is -2.55. The average Bonchev–Trinajstić information content (AvgIpc) is 2.88. The summed E-state index contributed by atoms with van der Waals surface area (Å²) in [6.07, 6.45) is 0.221. The van der Waals surface area contributed by atoms with Crippen LogP contribution in [0.5, 0.6) is 0 Å². The first-order chi connectivity index (χ1) is 18.7. The van der Waals surface area contributed by atoms with E-state index in [4.69, 9.17) is 0 Å². The summed E-state index contributed by atoms with van der Waals surface area (Å²) in [5.74, 6) is -2.44. The third-order valence-corrected chi connectivity index (χ3v) is 7.93. The Bertz CT molecular complexity index is 1440. The van der Waals surface area contributed by atoms with E-state index in [0.717, 1.165) is 15.9 Å². The average molecular weight is 572 g/mol. The summed E-state index contributed by atoms with van der Waals surface area (Å²) in [5.41, 5.74) is 0.470. The second kappa shape index (κ2) is 12.6. The minimum atomic E-state index is -4.39. The number of aryl methyl sites for hydroxylation is 1. The third-order valence-electron chi connectivity index (χ3n) is 6.16. The van der Waals surface area contributed by atoms with Crippen molar-refractivity contribution in [3.63, 3.8) is 0 Å². The molecule has 214 valence electrons. The molecule has 0 aliphatic heterocycles. The monoisotopic (exact) mass is 571 g/mol. The highest BCUT2D eigenvalue weighted by molar-refractivity contribution is 7.92. The molecule has 0 saturated carbocycles. The predicted octanol–water partition coefficient (Wildman–Crippen LogP) is 5.19. The Morgan fingerprint density at radius 2 is 1.52 bits per heavy atom. The van der Waals surface area contributed by atoms with Gasteiger partial charge in [-0.3, -0.25) is 13.9 Å². The van der Waals surface area contributed by atoms with Crippen molar-refractivity contribution in [2.45, 2.75) is 64.1 Å². The first-order valence-electron chi connectivity index (χ1n) is 12.9. The Hall–Kier alpha value is -3.79. The summed E-state index contributed by atoms with van der Waals surface area (Å²) < 4.78 is 56.9. The lowest BCUT2D eigenvalue weighted by Gasteiger charge is -2.34. The van der Waals surface area contributed by atoms with Crippen molar-refractivity contribution in [2.75, 3.05) is 10.8 Å². The number of sulfonamides is 1. The normalized spacial score (nSPS) is 12.5. The van der Waals surface area contributed by atoms with Gasteiger partial charge in [0.25, 0.3) is 10.0 Å². The minimum Gasteiger partial charge on any atom is -0.350 e. The smallest absolute Gasteiger partial charge is 0.264 e.